The van der Waals surface area contributed by atoms with Crippen LogP contribution in [0.2, 0.25) is 0 Å². The molecular formula is C23H29O3-. The Morgan fingerprint density at radius 3 is 2.19 bits per heavy atom. The van der Waals surface area contributed by atoms with E-state index in [-0.39, 0.29) is 12.5 Å². The van der Waals surface area contributed by atoms with Crippen LogP contribution in [0.4, 0.5) is 0 Å². The molecule has 3 nitrogen and oxygen atoms in total. The van der Waals surface area contributed by atoms with Gasteiger partial charge in [-0.25, -0.2) is 0 Å². The first-order valence-electron chi connectivity index (χ1n) is 9.60. The van der Waals surface area contributed by atoms with Crippen molar-refractivity contribution in [3.8, 4) is 11.5 Å². The van der Waals surface area contributed by atoms with Gasteiger partial charge in [0.2, 0.25) is 0 Å². The van der Waals surface area contributed by atoms with Crippen molar-refractivity contribution in [2.75, 3.05) is 13.7 Å². The number of benzene rings is 2. The molecule has 1 aliphatic carbocycles. The molecule has 1 N–H and O–H groups in total. The van der Waals surface area contributed by atoms with Gasteiger partial charge < -0.3 is 14.9 Å². The van der Waals surface area contributed by atoms with E-state index < -0.39 is 0 Å². The summed E-state index contributed by atoms with van der Waals surface area (Å²) in [5, 5.41) is 21.6. The lowest BCUT2D eigenvalue weighted by molar-refractivity contribution is -0.384. The monoisotopic (exact) mass is 353 g/mol. The van der Waals surface area contributed by atoms with Crippen LogP contribution in [0.25, 0.3) is 0 Å². The molecule has 1 aliphatic rings. The fraction of sp³-hybridized carbons (Fsp3) is 0.478. The van der Waals surface area contributed by atoms with Gasteiger partial charge in [-0.15, -0.1) is 6.61 Å². The summed E-state index contributed by atoms with van der Waals surface area (Å²) in [5.41, 5.74) is 2.53. The third-order valence-electron chi connectivity index (χ3n) is 6.38. The smallest absolute Gasteiger partial charge is 0.118 e. The normalized spacial score (nSPS) is 28.7. The molecule has 0 heterocycles. The Bertz CT molecular complexity index is 692. The zero-order chi connectivity index (χ0) is 18.7. The van der Waals surface area contributed by atoms with Crippen LogP contribution in [0.5, 0.6) is 11.5 Å². The van der Waals surface area contributed by atoms with E-state index in [1.807, 2.05) is 24.3 Å². The van der Waals surface area contributed by atoms with E-state index in [1.54, 1.807) is 19.2 Å². The van der Waals surface area contributed by atoms with Crippen molar-refractivity contribution in [1.82, 2.24) is 0 Å². The van der Waals surface area contributed by atoms with Crippen LogP contribution in [0.1, 0.15) is 49.7 Å². The third-order valence-corrected chi connectivity index (χ3v) is 6.38. The lowest BCUT2D eigenvalue weighted by atomic mass is 9.58. The van der Waals surface area contributed by atoms with Crippen molar-refractivity contribution in [1.29, 1.82) is 0 Å². The van der Waals surface area contributed by atoms with Gasteiger partial charge in [-0.1, -0.05) is 50.5 Å². The van der Waals surface area contributed by atoms with E-state index in [0.29, 0.717) is 29.4 Å². The summed E-state index contributed by atoms with van der Waals surface area (Å²) in [6.07, 6.45) is 1.97. The number of methoxy groups -OCH3 is 1. The molecule has 0 radical (unpaired) electrons. The number of ether oxygens (including phenoxy) is 1. The van der Waals surface area contributed by atoms with Crippen LogP contribution in [0.3, 0.4) is 0 Å². The summed E-state index contributed by atoms with van der Waals surface area (Å²) >= 11 is 0. The zero-order valence-corrected chi connectivity index (χ0v) is 15.9. The van der Waals surface area contributed by atoms with E-state index in [1.165, 1.54) is 11.1 Å². The molecule has 5 atom stereocenters. The van der Waals surface area contributed by atoms with Gasteiger partial charge in [0, 0.05) is 0 Å². The Morgan fingerprint density at radius 2 is 1.65 bits per heavy atom. The Balaban J connectivity index is 2.04. The summed E-state index contributed by atoms with van der Waals surface area (Å²) in [4.78, 5) is 0. The first-order valence-corrected chi connectivity index (χ1v) is 9.60. The highest BCUT2D eigenvalue weighted by Crippen LogP contribution is 2.53. The summed E-state index contributed by atoms with van der Waals surface area (Å²) < 4.78 is 5.31. The topological polar surface area (TPSA) is 52.5 Å². The zero-order valence-electron chi connectivity index (χ0n) is 15.9. The molecular weight excluding hydrogens is 324 g/mol. The molecule has 1 fully saturated rings. The second-order valence-electron chi connectivity index (χ2n) is 7.59. The van der Waals surface area contributed by atoms with Gasteiger partial charge in [-0.2, -0.15) is 0 Å². The predicted octanol–water partition coefficient (Wildman–Crippen LogP) is 4.31. The standard InChI is InChI=1S/C23H29O3/c1-4-21-15(2)18(14-24)13-22(16-7-11-20(26-3)12-8-16)23(21)17-5-9-19(25)10-6-17/h5-12,15,18,21-23,25H,4,13-14H2,1-3H3/q-1. The third kappa shape index (κ3) is 3.59. The van der Waals surface area contributed by atoms with Crippen LogP contribution in [-0.2, 0) is 0 Å². The van der Waals surface area contributed by atoms with Crippen molar-refractivity contribution in [2.24, 2.45) is 17.8 Å². The summed E-state index contributed by atoms with van der Waals surface area (Å²) in [6.45, 7) is 4.47. The lowest BCUT2D eigenvalue weighted by Gasteiger charge is -2.48. The number of phenols is 1. The highest BCUT2D eigenvalue weighted by atomic mass is 16.5. The minimum absolute atomic E-state index is 0.00732. The Labute approximate surface area is 156 Å². The van der Waals surface area contributed by atoms with Crippen molar-refractivity contribution in [2.45, 2.75) is 38.5 Å². The van der Waals surface area contributed by atoms with E-state index in [9.17, 15) is 10.2 Å². The van der Waals surface area contributed by atoms with Crippen molar-refractivity contribution >= 4 is 0 Å². The van der Waals surface area contributed by atoms with Crippen LogP contribution < -0.4 is 9.84 Å². The van der Waals surface area contributed by atoms with Gasteiger partial charge in [0.25, 0.3) is 0 Å². The Hall–Kier alpha value is -2.00. The molecule has 2 aromatic rings. The SMILES string of the molecule is CCC1C(C)C(C[O-])CC(c2ccc(OC)cc2)C1c1ccc(O)cc1. The highest BCUT2D eigenvalue weighted by Gasteiger charge is 2.41. The van der Waals surface area contributed by atoms with Crippen LogP contribution in [0, 0.1) is 17.8 Å². The molecule has 0 saturated heterocycles. The molecule has 0 spiro atoms. The summed E-state index contributed by atoms with van der Waals surface area (Å²) in [6, 6.07) is 15.9. The number of phenolic OH excluding ortho intramolecular Hbond substituents is 1. The molecule has 3 rings (SSSR count). The maximum Gasteiger partial charge on any atom is 0.118 e. The largest absolute Gasteiger partial charge is 0.854 e. The maximum absolute atomic E-state index is 11.9. The van der Waals surface area contributed by atoms with E-state index >= 15 is 0 Å². The van der Waals surface area contributed by atoms with Gasteiger partial charge >= 0.3 is 0 Å². The molecule has 140 valence electrons. The minimum Gasteiger partial charge on any atom is -0.854 e. The Morgan fingerprint density at radius 1 is 1.04 bits per heavy atom. The van der Waals surface area contributed by atoms with Gasteiger partial charge in [-0.05, 0) is 65.5 Å². The van der Waals surface area contributed by atoms with Gasteiger partial charge in [0.05, 0.1) is 7.11 Å². The number of aromatic hydroxyl groups is 1. The second kappa shape index (κ2) is 8.13. The first kappa shape index (κ1) is 18.8. The average molecular weight is 353 g/mol. The van der Waals surface area contributed by atoms with Crippen molar-refractivity contribution in [3.05, 3.63) is 59.7 Å². The number of hydrogen-bond donors (Lipinski definition) is 1. The highest BCUT2D eigenvalue weighted by molar-refractivity contribution is 5.36. The second-order valence-corrected chi connectivity index (χ2v) is 7.59. The molecule has 2 aromatic carbocycles. The number of hydrogen-bond acceptors (Lipinski definition) is 3. The maximum atomic E-state index is 11.9. The van der Waals surface area contributed by atoms with E-state index in [4.69, 9.17) is 4.74 Å². The molecule has 0 bridgehead atoms. The minimum atomic E-state index is -0.00732. The molecule has 5 unspecified atom stereocenters. The number of rotatable bonds is 5. The quantitative estimate of drug-likeness (QED) is 0.871. The lowest BCUT2D eigenvalue weighted by Crippen LogP contribution is -2.40. The summed E-state index contributed by atoms with van der Waals surface area (Å²) in [5.74, 6) is 2.89. The van der Waals surface area contributed by atoms with E-state index in [2.05, 4.69) is 26.0 Å². The Kier molecular flexibility index (Phi) is 5.87. The molecule has 3 heteroatoms. The van der Waals surface area contributed by atoms with Crippen molar-refractivity contribution in [3.63, 3.8) is 0 Å². The van der Waals surface area contributed by atoms with Crippen LogP contribution >= 0.6 is 0 Å². The summed E-state index contributed by atoms with van der Waals surface area (Å²) in [7, 11) is 1.68. The first-order chi connectivity index (χ1) is 12.6. The van der Waals surface area contributed by atoms with Crippen molar-refractivity contribution < 1.29 is 14.9 Å². The fourth-order valence-electron chi connectivity index (χ4n) is 4.88. The molecule has 26 heavy (non-hydrogen) atoms. The molecule has 1 saturated carbocycles. The van der Waals surface area contributed by atoms with Crippen LogP contribution in [-0.4, -0.2) is 18.8 Å². The van der Waals surface area contributed by atoms with Gasteiger partial charge in [0.15, 0.2) is 0 Å². The van der Waals surface area contributed by atoms with E-state index in [0.717, 1.165) is 18.6 Å². The fourth-order valence-corrected chi connectivity index (χ4v) is 4.88. The van der Waals surface area contributed by atoms with Gasteiger partial charge in [-0.3, -0.25) is 0 Å². The molecule has 0 aromatic heterocycles. The average Bonchev–Trinajstić information content (AvgIpc) is 2.68. The molecule has 0 amide bonds. The van der Waals surface area contributed by atoms with Crippen LogP contribution in [0.15, 0.2) is 48.5 Å². The van der Waals surface area contributed by atoms with Gasteiger partial charge in [0.1, 0.15) is 11.5 Å². The predicted molar refractivity (Wildman–Crippen MR) is 103 cm³/mol. The molecule has 0 aliphatic heterocycles.